The number of nitrogens with zero attached hydrogens (tertiary/aromatic N) is 5. The molecule has 9 nitrogen and oxygen atoms in total. The van der Waals surface area contributed by atoms with Crippen LogP contribution in [0.1, 0.15) is 49.8 Å². The van der Waals surface area contributed by atoms with Gasteiger partial charge in [-0.2, -0.15) is 0 Å². The van der Waals surface area contributed by atoms with Gasteiger partial charge in [-0.15, -0.1) is 10.2 Å². The molecule has 31 heavy (non-hydrogen) atoms. The number of fused-ring (bicyclic) bond motifs is 1. The maximum atomic E-state index is 12.6. The highest BCUT2D eigenvalue weighted by Gasteiger charge is 2.34. The van der Waals surface area contributed by atoms with Gasteiger partial charge in [0.2, 0.25) is 10.0 Å². The van der Waals surface area contributed by atoms with Crippen LogP contribution in [0.15, 0.2) is 30.3 Å². The van der Waals surface area contributed by atoms with Gasteiger partial charge in [0.1, 0.15) is 5.82 Å². The van der Waals surface area contributed by atoms with Crippen molar-refractivity contribution in [1.29, 1.82) is 0 Å². The summed E-state index contributed by atoms with van der Waals surface area (Å²) in [6, 6.07) is 9.72. The van der Waals surface area contributed by atoms with Gasteiger partial charge in [0.25, 0.3) is 0 Å². The van der Waals surface area contributed by atoms with Crippen molar-refractivity contribution in [2.24, 2.45) is 0 Å². The molecule has 1 aromatic carbocycles. The first-order valence-corrected chi connectivity index (χ1v) is 12.3. The topological polar surface area (TPSA) is 100 Å². The lowest BCUT2D eigenvalue weighted by Gasteiger charge is -2.33. The Morgan fingerprint density at radius 3 is 2.48 bits per heavy atom. The molecule has 0 aliphatic carbocycles. The fourth-order valence-electron chi connectivity index (χ4n) is 4.21. The molecule has 0 bridgehead atoms. The Bertz CT molecular complexity index is 1010. The lowest BCUT2D eigenvalue weighted by molar-refractivity contribution is 0.180. The Kier molecular flexibility index (Phi) is 6.29. The Morgan fingerprint density at radius 1 is 1.10 bits per heavy atom. The van der Waals surface area contributed by atoms with Gasteiger partial charge in [-0.25, -0.2) is 17.5 Å². The lowest BCUT2D eigenvalue weighted by Crippen LogP contribution is -2.44. The molecule has 2 aliphatic rings. The van der Waals surface area contributed by atoms with Crippen molar-refractivity contribution >= 4 is 16.1 Å². The standard InChI is InChI=1S/C21H30N6O3S/c1-16(2)31(29,30)26-10-8-18(9-11-26)20-24-23-19-15-25(12-13-27(19)20)21(28)22-14-17-6-4-3-5-7-17/h3-7,16,18H,8-15H2,1-2H3,(H,22,28). The molecule has 0 spiro atoms. The van der Waals surface area contributed by atoms with Gasteiger partial charge in [0, 0.05) is 38.6 Å². The fraction of sp³-hybridized carbons (Fsp3) is 0.571. The number of aromatic nitrogens is 3. The Labute approximate surface area is 183 Å². The van der Waals surface area contributed by atoms with E-state index in [1.54, 1.807) is 23.1 Å². The zero-order valence-electron chi connectivity index (χ0n) is 18.1. The zero-order valence-corrected chi connectivity index (χ0v) is 18.9. The number of piperidine rings is 1. The molecule has 0 saturated carbocycles. The number of amides is 2. The average molecular weight is 447 g/mol. The fourth-order valence-corrected chi connectivity index (χ4v) is 5.52. The normalized spacial score (nSPS) is 18.2. The molecule has 2 aromatic rings. The first-order valence-electron chi connectivity index (χ1n) is 10.8. The van der Waals surface area contributed by atoms with E-state index in [2.05, 4.69) is 20.1 Å². The minimum Gasteiger partial charge on any atom is -0.334 e. The number of hydrogen-bond acceptors (Lipinski definition) is 5. The van der Waals surface area contributed by atoms with Crippen LogP contribution in [0.5, 0.6) is 0 Å². The van der Waals surface area contributed by atoms with Crippen LogP contribution in [0.25, 0.3) is 0 Å². The van der Waals surface area contributed by atoms with E-state index in [-0.39, 0.29) is 11.9 Å². The van der Waals surface area contributed by atoms with Crippen LogP contribution in [0, 0.1) is 0 Å². The van der Waals surface area contributed by atoms with Crippen LogP contribution in [0.3, 0.4) is 0 Å². The molecule has 10 heteroatoms. The van der Waals surface area contributed by atoms with E-state index in [0.29, 0.717) is 39.3 Å². The predicted octanol–water partition coefficient (Wildman–Crippen LogP) is 1.92. The number of carbonyl (C=O) groups excluding carboxylic acids is 1. The number of nitrogens with one attached hydrogen (secondary N) is 1. The SMILES string of the molecule is CC(C)S(=O)(=O)N1CCC(c2nnc3n2CCN(C(=O)NCc2ccccc2)C3)CC1. The summed E-state index contributed by atoms with van der Waals surface area (Å²) in [7, 11) is -3.21. The van der Waals surface area contributed by atoms with Crippen molar-refractivity contribution in [3.8, 4) is 0 Å². The average Bonchev–Trinajstić information content (AvgIpc) is 3.21. The molecule has 2 amide bonds. The summed E-state index contributed by atoms with van der Waals surface area (Å²) in [5, 5.41) is 11.3. The van der Waals surface area contributed by atoms with Gasteiger partial charge in [-0.3, -0.25) is 0 Å². The van der Waals surface area contributed by atoms with Crippen molar-refractivity contribution in [1.82, 2.24) is 29.3 Å². The molecular weight excluding hydrogens is 416 g/mol. The first-order chi connectivity index (χ1) is 14.9. The van der Waals surface area contributed by atoms with Gasteiger partial charge < -0.3 is 14.8 Å². The van der Waals surface area contributed by atoms with Crippen molar-refractivity contribution < 1.29 is 13.2 Å². The third-order valence-corrected chi connectivity index (χ3v) is 8.41. The van der Waals surface area contributed by atoms with Gasteiger partial charge in [0.15, 0.2) is 5.82 Å². The smallest absolute Gasteiger partial charge is 0.318 e. The minimum atomic E-state index is -3.21. The minimum absolute atomic E-state index is 0.105. The second-order valence-corrected chi connectivity index (χ2v) is 10.9. The molecule has 0 atom stereocenters. The maximum absolute atomic E-state index is 12.6. The van der Waals surface area contributed by atoms with E-state index >= 15 is 0 Å². The number of hydrogen-bond donors (Lipinski definition) is 1. The van der Waals surface area contributed by atoms with Crippen LogP contribution >= 0.6 is 0 Å². The van der Waals surface area contributed by atoms with E-state index in [0.717, 1.165) is 30.1 Å². The summed E-state index contributed by atoms with van der Waals surface area (Å²) in [5.74, 6) is 1.90. The largest absolute Gasteiger partial charge is 0.334 e. The molecule has 1 saturated heterocycles. The number of carbonyl (C=O) groups is 1. The van der Waals surface area contributed by atoms with Crippen LogP contribution in [-0.4, -0.2) is 63.3 Å². The summed E-state index contributed by atoms with van der Waals surface area (Å²) in [6.07, 6.45) is 1.48. The molecular formula is C21H30N6O3S. The highest BCUT2D eigenvalue weighted by Crippen LogP contribution is 2.30. The number of urea groups is 1. The van der Waals surface area contributed by atoms with Crippen LogP contribution in [0.4, 0.5) is 4.79 Å². The van der Waals surface area contributed by atoms with Crippen LogP contribution < -0.4 is 5.32 Å². The van der Waals surface area contributed by atoms with Crippen LogP contribution in [0.2, 0.25) is 0 Å². The summed E-state index contributed by atoms with van der Waals surface area (Å²) in [5.41, 5.74) is 1.06. The van der Waals surface area contributed by atoms with E-state index in [9.17, 15) is 13.2 Å². The Balaban J connectivity index is 1.35. The van der Waals surface area contributed by atoms with Gasteiger partial charge in [0.05, 0.1) is 11.8 Å². The summed E-state index contributed by atoms with van der Waals surface area (Å²) < 4.78 is 28.5. The molecule has 0 unspecified atom stereocenters. The third-order valence-electron chi connectivity index (χ3n) is 6.13. The number of rotatable bonds is 5. The van der Waals surface area contributed by atoms with E-state index < -0.39 is 15.3 Å². The van der Waals surface area contributed by atoms with Crippen molar-refractivity contribution in [3.63, 3.8) is 0 Å². The Hall–Kier alpha value is -2.46. The summed E-state index contributed by atoms with van der Waals surface area (Å²) in [6.45, 7) is 6.64. The van der Waals surface area contributed by atoms with Crippen molar-refractivity contribution in [2.45, 2.75) is 57.5 Å². The molecule has 168 valence electrons. The first kappa shape index (κ1) is 21.8. The predicted molar refractivity (Wildman–Crippen MR) is 117 cm³/mol. The van der Waals surface area contributed by atoms with Crippen molar-refractivity contribution in [3.05, 3.63) is 47.5 Å². The number of benzene rings is 1. The van der Waals surface area contributed by atoms with Gasteiger partial charge in [-0.05, 0) is 32.3 Å². The quantitative estimate of drug-likeness (QED) is 0.756. The lowest BCUT2D eigenvalue weighted by atomic mass is 9.97. The van der Waals surface area contributed by atoms with Gasteiger partial charge >= 0.3 is 6.03 Å². The van der Waals surface area contributed by atoms with E-state index in [4.69, 9.17) is 0 Å². The maximum Gasteiger partial charge on any atom is 0.318 e. The highest BCUT2D eigenvalue weighted by molar-refractivity contribution is 7.89. The summed E-state index contributed by atoms with van der Waals surface area (Å²) in [4.78, 5) is 14.3. The molecule has 3 heterocycles. The molecule has 1 fully saturated rings. The zero-order chi connectivity index (χ0) is 22.0. The second-order valence-electron chi connectivity index (χ2n) is 8.46. The molecule has 1 N–H and O–H groups in total. The summed E-state index contributed by atoms with van der Waals surface area (Å²) >= 11 is 0. The molecule has 1 aromatic heterocycles. The van der Waals surface area contributed by atoms with E-state index in [1.165, 1.54) is 0 Å². The molecule has 4 rings (SSSR count). The third kappa shape index (κ3) is 4.59. The molecule has 0 radical (unpaired) electrons. The monoisotopic (exact) mass is 446 g/mol. The Morgan fingerprint density at radius 2 is 1.81 bits per heavy atom. The highest BCUT2D eigenvalue weighted by atomic mass is 32.2. The van der Waals surface area contributed by atoms with Crippen LogP contribution in [-0.2, 0) is 29.7 Å². The van der Waals surface area contributed by atoms with Crippen molar-refractivity contribution in [2.75, 3.05) is 19.6 Å². The second kappa shape index (κ2) is 8.96. The number of sulfonamides is 1. The van der Waals surface area contributed by atoms with E-state index in [1.807, 2.05) is 30.3 Å². The molecule has 2 aliphatic heterocycles. The van der Waals surface area contributed by atoms with Gasteiger partial charge in [-0.1, -0.05) is 30.3 Å².